The van der Waals surface area contributed by atoms with Crippen LogP contribution in [0.1, 0.15) is 24.4 Å². The van der Waals surface area contributed by atoms with Crippen molar-refractivity contribution in [2.24, 2.45) is 0 Å². The van der Waals surface area contributed by atoms with Gasteiger partial charge in [0.2, 0.25) is 0 Å². The van der Waals surface area contributed by atoms with Gasteiger partial charge in [0.15, 0.2) is 11.6 Å². The van der Waals surface area contributed by atoms with Crippen molar-refractivity contribution < 1.29 is 18.6 Å². The molecule has 1 aliphatic rings. The molecule has 0 fully saturated rings. The standard InChI is InChI=1S/C24H18F2N4O2S/c1-24(2,31)9-7-15-4-6-19-22(29-15)16-12-21(33-20(16)8-10-32-19)23-27-13-28-30(23)18-5-3-14(25)11-17(18)26/h3-6,11-13,31H,8,10H2,1-2H3. The van der Waals surface area contributed by atoms with Crippen molar-refractivity contribution in [2.75, 3.05) is 6.61 Å². The second-order valence-corrected chi connectivity index (χ2v) is 9.13. The number of halogens is 2. The van der Waals surface area contributed by atoms with E-state index in [0.717, 1.165) is 21.4 Å². The Labute approximate surface area is 192 Å². The Morgan fingerprint density at radius 2 is 2.03 bits per heavy atom. The van der Waals surface area contributed by atoms with E-state index in [1.165, 1.54) is 34.5 Å². The number of pyridine rings is 1. The van der Waals surface area contributed by atoms with Crippen molar-refractivity contribution in [3.05, 3.63) is 64.9 Å². The zero-order valence-corrected chi connectivity index (χ0v) is 18.6. The molecule has 0 saturated heterocycles. The summed E-state index contributed by atoms with van der Waals surface area (Å²) >= 11 is 1.50. The van der Waals surface area contributed by atoms with Gasteiger partial charge in [-0.2, -0.15) is 5.10 Å². The molecule has 0 radical (unpaired) electrons. The van der Waals surface area contributed by atoms with E-state index in [-0.39, 0.29) is 5.69 Å². The fraction of sp³-hybridized carbons (Fsp3) is 0.208. The molecule has 4 heterocycles. The van der Waals surface area contributed by atoms with E-state index in [9.17, 15) is 13.9 Å². The smallest absolute Gasteiger partial charge is 0.173 e. The van der Waals surface area contributed by atoms with Crippen LogP contribution in [0.25, 0.3) is 27.6 Å². The fourth-order valence-corrected chi connectivity index (χ4v) is 4.58. The summed E-state index contributed by atoms with van der Waals surface area (Å²) in [5, 5.41) is 14.0. The monoisotopic (exact) mass is 464 g/mol. The highest BCUT2D eigenvalue weighted by molar-refractivity contribution is 7.16. The van der Waals surface area contributed by atoms with Crippen molar-refractivity contribution in [3.8, 4) is 45.2 Å². The number of aliphatic hydroxyl groups is 1. The lowest BCUT2D eigenvalue weighted by Gasteiger charge is -2.08. The van der Waals surface area contributed by atoms with E-state index in [1.54, 1.807) is 19.9 Å². The van der Waals surface area contributed by atoms with Gasteiger partial charge in [-0.3, -0.25) is 0 Å². The molecule has 5 rings (SSSR count). The van der Waals surface area contributed by atoms with Crippen LogP contribution in [0.2, 0.25) is 0 Å². The van der Waals surface area contributed by atoms with Crippen LogP contribution in [0.15, 0.2) is 42.7 Å². The maximum Gasteiger partial charge on any atom is 0.173 e. The van der Waals surface area contributed by atoms with Gasteiger partial charge in [0.25, 0.3) is 0 Å². The molecule has 0 bridgehead atoms. The number of benzene rings is 1. The Bertz CT molecular complexity index is 1430. The van der Waals surface area contributed by atoms with Gasteiger partial charge in [-0.05, 0) is 50.1 Å². The van der Waals surface area contributed by atoms with E-state index in [1.807, 2.05) is 12.1 Å². The van der Waals surface area contributed by atoms with E-state index in [4.69, 9.17) is 4.74 Å². The zero-order chi connectivity index (χ0) is 23.2. The predicted octanol–water partition coefficient (Wildman–Crippen LogP) is 4.39. The first-order valence-electron chi connectivity index (χ1n) is 10.2. The van der Waals surface area contributed by atoms with Crippen molar-refractivity contribution in [1.82, 2.24) is 19.7 Å². The quantitative estimate of drug-likeness (QED) is 0.446. The van der Waals surface area contributed by atoms with Gasteiger partial charge in [0.1, 0.15) is 40.6 Å². The summed E-state index contributed by atoms with van der Waals surface area (Å²) in [5.74, 6) is 5.36. The van der Waals surface area contributed by atoms with E-state index >= 15 is 0 Å². The molecule has 1 N–H and O–H groups in total. The van der Waals surface area contributed by atoms with E-state index in [0.29, 0.717) is 36.0 Å². The minimum Gasteiger partial charge on any atom is -0.491 e. The van der Waals surface area contributed by atoms with Crippen LogP contribution < -0.4 is 4.74 Å². The lowest BCUT2D eigenvalue weighted by molar-refractivity contribution is 0.143. The Balaban J connectivity index is 1.60. The number of aromatic nitrogens is 4. The number of hydrogen-bond acceptors (Lipinski definition) is 6. The molecule has 0 spiro atoms. The topological polar surface area (TPSA) is 73.1 Å². The van der Waals surface area contributed by atoms with Gasteiger partial charge >= 0.3 is 0 Å². The average Bonchev–Trinajstić information content (AvgIpc) is 3.36. The molecule has 166 valence electrons. The molecular formula is C24H18F2N4O2S. The van der Waals surface area contributed by atoms with Crippen LogP contribution in [-0.2, 0) is 6.42 Å². The number of nitrogens with zero attached hydrogens (tertiary/aromatic N) is 4. The molecule has 0 saturated carbocycles. The lowest BCUT2D eigenvalue weighted by Crippen LogP contribution is -2.14. The molecule has 33 heavy (non-hydrogen) atoms. The Morgan fingerprint density at radius 1 is 1.18 bits per heavy atom. The van der Waals surface area contributed by atoms with Crippen molar-refractivity contribution in [3.63, 3.8) is 0 Å². The highest BCUT2D eigenvalue weighted by atomic mass is 32.1. The minimum absolute atomic E-state index is 0.110. The van der Waals surface area contributed by atoms with Crippen LogP contribution in [0, 0.1) is 23.5 Å². The van der Waals surface area contributed by atoms with Crippen molar-refractivity contribution in [1.29, 1.82) is 0 Å². The number of rotatable bonds is 2. The van der Waals surface area contributed by atoms with Gasteiger partial charge in [-0.1, -0.05) is 5.92 Å². The molecule has 0 unspecified atom stereocenters. The van der Waals surface area contributed by atoms with Crippen LogP contribution in [0.5, 0.6) is 5.75 Å². The maximum absolute atomic E-state index is 14.4. The van der Waals surface area contributed by atoms with Gasteiger partial charge < -0.3 is 9.84 Å². The van der Waals surface area contributed by atoms with Crippen LogP contribution >= 0.6 is 11.3 Å². The van der Waals surface area contributed by atoms with E-state index < -0.39 is 17.2 Å². The highest BCUT2D eigenvalue weighted by Crippen LogP contribution is 2.41. The normalized spacial score (nSPS) is 12.8. The lowest BCUT2D eigenvalue weighted by atomic mass is 10.1. The largest absolute Gasteiger partial charge is 0.491 e. The van der Waals surface area contributed by atoms with Gasteiger partial charge in [-0.15, -0.1) is 11.3 Å². The number of ether oxygens (including phenoxy) is 1. The molecule has 4 aromatic rings. The molecule has 9 heteroatoms. The van der Waals surface area contributed by atoms with Crippen LogP contribution in [0.3, 0.4) is 0 Å². The molecule has 1 aromatic carbocycles. The Kier molecular flexibility index (Phi) is 5.19. The number of fused-ring (bicyclic) bond motifs is 3. The first-order chi connectivity index (χ1) is 15.8. The zero-order valence-electron chi connectivity index (χ0n) is 17.8. The average molecular weight is 464 g/mol. The molecular weight excluding hydrogens is 446 g/mol. The molecule has 3 aromatic heterocycles. The molecule has 6 nitrogen and oxygen atoms in total. The van der Waals surface area contributed by atoms with Crippen LogP contribution in [0.4, 0.5) is 8.78 Å². The number of thiophene rings is 1. The Morgan fingerprint density at radius 3 is 2.82 bits per heavy atom. The summed E-state index contributed by atoms with van der Waals surface area (Å²) in [5.41, 5.74) is 1.01. The van der Waals surface area contributed by atoms with Gasteiger partial charge in [0.05, 0.1) is 11.5 Å². The summed E-state index contributed by atoms with van der Waals surface area (Å²) in [6.07, 6.45) is 2.00. The third-order valence-corrected chi connectivity index (χ3v) is 6.10. The minimum atomic E-state index is -1.13. The SMILES string of the molecule is CC(C)(O)C#Cc1ccc2c(n1)-c1cc(-c3ncnn3-c3ccc(F)cc3F)sc1CCO2. The first kappa shape index (κ1) is 21.2. The summed E-state index contributed by atoms with van der Waals surface area (Å²) in [4.78, 5) is 10.8. The third-order valence-electron chi connectivity index (χ3n) is 4.91. The molecule has 1 aliphatic heterocycles. The van der Waals surface area contributed by atoms with Crippen LogP contribution in [-0.4, -0.2) is 37.1 Å². The second-order valence-electron chi connectivity index (χ2n) is 7.99. The van der Waals surface area contributed by atoms with Gasteiger partial charge in [-0.25, -0.2) is 23.4 Å². The molecule has 0 amide bonds. The second kappa shape index (κ2) is 8.06. The van der Waals surface area contributed by atoms with Crippen molar-refractivity contribution in [2.45, 2.75) is 25.9 Å². The molecule has 0 aliphatic carbocycles. The first-order valence-corrected chi connectivity index (χ1v) is 11.0. The highest BCUT2D eigenvalue weighted by Gasteiger charge is 2.23. The predicted molar refractivity (Wildman–Crippen MR) is 120 cm³/mol. The summed E-state index contributed by atoms with van der Waals surface area (Å²) < 4.78 is 35.0. The Hall–Kier alpha value is -3.61. The third kappa shape index (κ3) is 4.23. The summed E-state index contributed by atoms with van der Waals surface area (Å²) in [6, 6.07) is 8.83. The fourth-order valence-electron chi connectivity index (χ4n) is 3.46. The van der Waals surface area contributed by atoms with Gasteiger partial charge in [0, 0.05) is 22.9 Å². The number of hydrogen-bond donors (Lipinski definition) is 1. The summed E-state index contributed by atoms with van der Waals surface area (Å²) in [6.45, 7) is 3.70. The van der Waals surface area contributed by atoms with E-state index in [2.05, 4.69) is 26.9 Å². The molecule has 0 atom stereocenters. The summed E-state index contributed by atoms with van der Waals surface area (Å²) in [7, 11) is 0. The maximum atomic E-state index is 14.4. The van der Waals surface area contributed by atoms with Crippen molar-refractivity contribution >= 4 is 11.3 Å².